The van der Waals surface area contributed by atoms with Gasteiger partial charge in [0, 0.05) is 11.1 Å². The minimum absolute atomic E-state index is 0.0706. The minimum atomic E-state index is -4.01. The summed E-state index contributed by atoms with van der Waals surface area (Å²) < 4.78 is 27.8. The first-order chi connectivity index (χ1) is 14.0. The number of sulfone groups is 1. The highest BCUT2D eigenvalue weighted by Crippen LogP contribution is 2.41. The highest BCUT2D eigenvalue weighted by Gasteiger charge is 2.29. The fourth-order valence-electron chi connectivity index (χ4n) is 3.50. The second-order valence-electron chi connectivity index (χ2n) is 6.68. The lowest BCUT2D eigenvalue weighted by molar-refractivity contribution is 0.597. The molecule has 0 heterocycles. The molecule has 0 unspecified atom stereocenters. The molecule has 4 nitrogen and oxygen atoms in total. The number of anilines is 2. The third-order valence-electron chi connectivity index (χ3n) is 4.80. The average molecular weight is 401 g/mol. The molecule has 0 radical (unpaired) electrons. The molecule has 0 aliphatic rings. The van der Waals surface area contributed by atoms with Gasteiger partial charge in [-0.15, -0.1) is 0 Å². The van der Waals surface area contributed by atoms with Gasteiger partial charge in [0.25, 0.3) is 0 Å². The monoisotopic (exact) mass is 400 g/mol. The Morgan fingerprint density at radius 3 is 1.24 bits per heavy atom. The van der Waals surface area contributed by atoms with E-state index in [1.54, 1.807) is 36.4 Å². The SMILES string of the molecule is Nc1cccc(-c2ccccc2)c1S(=O)(=O)c1c(N)cccc1-c1ccccc1. The maximum absolute atomic E-state index is 13.9. The summed E-state index contributed by atoms with van der Waals surface area (Å²) in [5.41, 5.74) is 15.4. The predicted octanol–water partition coefficient (Wildman–Crippen LogP) is 5.02. The van der Waals surface area contributed by atoms with Crippen LogP contribution >= 0.6 is 0 Å². The molecule has 0 bridgehead atoms. The molecule has 0 aliphatic carbocycles. The molecule has 0 saturated heterocycles. The molecule has 4 aromatic carbocycles. The molecule has 144 valence electrons. The van der Waals surface area contributed by atoms with Crippen molar-refractivity contribution in [1.29, 1.82) is 0 Å². The van der Waals surface area contributed by atoms with E-state index in [1.165, 1.54) is 0 Å². The number of rotatable bonds is 4. The first-order valence-corrected chi connectivity index (χ1v) is 10.6. The van der Waals surface area contributed by atoms with E-state index < -0.39 is 9.84 Å². The van der Waals surface area contributed by atoms with Gasteiger partial charge in [0.05, 0.1) is 11.4 Å². The molecule has 0 spiro atoms. The van der Waals surface area contributed by atoms with Crippen LogP contribution in [0.4, 0.5) is 11.4 Å². The van der Waals surface area contributed by atoms with Crippen LogP contribution in [0.5, 0.6) is 0 Å². The lowest BCUT2D eigenvalue weighted by Crippen LogP contribution is -2.11. The summed E-state index contributed by atoms with van der Waals surface area (Å²) in [6.45, 7) is 0. The lowest BCUT2D eigenvalue weighted by atomic mass is 10.0. The van der Waals surface area contributed by atoms with Crippen molar-refractivity contribution in [3.05, 3.63) is 97.1 Å². The van der Waals surface area contributed by atoms with Crippen LogP contribution in [-0.4, -0.2) is 8.42 Å². The van der Waals surface area contributed by atoms with E-state index in [9.17, 15) is 8.42 Å². The molecular formula is C24H20N2O2S. The van der Waals surface area contributed by atoms with Gasteiger partial charge >= 0.3 is 0 Å². The topological polar surface area (TPSA) is 86.2 Å². The van der Waals surface area contributed by atoms with Gasteiger partial charge < -0.3 is 11.5 Å². The minimum Gasteiger partial charge on any atom is -0.398 e. The Morgan fingerprint density at radius 2 is 0.862 bits per heavy atom. The van der Waals surface area contributed by atoms with Crippen LogP contribution in [0.3, 0.4) is 0 Å². The van der Waals surface area contributed by atoms with Crippen molar-refractivity contribution >= 4 is 21.2 Å². The highest BCUT2D eigenvalue weighted by molar-refractivity contribution is 7.92. The maximum Gasteiger partial charge on any atom is 0.211 e. The van der Waals surface area contributed by atoms with Gasteiger partial charge in [0.2, 0.25) is 9.84 Å². The summed E-state index contributed by atoms with van der Waals surface area (Å²) >= 11 is 0. The number of benzene rings is 4. The van der Waals surface area contributed by atoms with E-state index in [1.807, 2.05) is 60.7 Å². The van der Waals surface area contributed by atoms with Gasteiger partial charge in [-0.1, -0.05) is 84.9 Å². The molecule has 0 saturated carbocycles. The van der Waals surface area contributed by atoms with E-state index in [-0.39, 0.29) is 21.2 Å². The molecule has 5 heteroatoms. The van der Waals surface area contributed by atoms with E-state index in [4.69, 9.17) is 11.5 Å². The first kappa shape index (κ1) is 18.8. The Hall–Kier alpha value is -3.57. The van der Waals surface area contributed by atoms with Crippen LogP contribution in [0, 0.1) is 0 Å². The average Bonchev–Trinajstić information content (AvgIpc) is 2.74. The summed E-state index contributed by atoms with van der Waals surface area (Å²) in [7, 11) is -4.01. The third-order valence-corrected chi connectivity index (χ3v) is 6.78. The van der Waals surface area contributed by atoms with Crippen molar-refractivity contribution in [2.45, 2.75) is 9.79 Å². The van der Waals surface area contributed by atoms with Gasteiger partial charge in [-0.3, -0.25) is 0 Å². The number of hydrogen-bond acceptors (Lipinski definition) is 4. The summed E-state index contributed by atoms with van der Waals surface area (Å²) in [6, 6.07) is 28.9. The molecule has 4 rings (SSSR count). The van der Waals surface area contributed by atoms with Crippen LogP contribution in [0.1, 0.15) is 0 Å². The lowest BCUT2D eigenvalue weighted by Gasteiger charge is -2.17. The fourth-order valence-corrected chi connectivity index (χ4v) is 5.41. The molecular weight excluding hydrogens is 380 g/mol. The Bertz CT molecular complexity index is 1170. The van der Waals surface area contributed by atoms with Gasteiger partial charge in [-0.05, 0) is 23.3 Å². The normalized spacial score (nSPS) is 11.3. The third kappa shape index (κ3) is 3.37. The van der Waals surface area contributed by atoms with Gasteiger partial charge in [-0.25, -0.2) is 8.42 Å². The van der Waals surface area contributed by atoms with E-state index in [0.29, 0.717) is 11.1 Å². The van der Waals surface area contributed by atoms with Crippen molar-refractivity contribution < 1.29 is 8.42 Å². The Kier molecular flexibility index (Phi) is 4.82. The number of nitrogen functional groups attached to an aromatic ring is 2. The number of nitrogens with two attached hydrogens (primary N) is 2. The largest absolute Gasteiger partial charge is 0.398 e. The summed E-state index contributed by atoms with van der Waals surface area (Å²) in [5, 5.41) is 0. The van der Waals surface area contributed by atoms with Crippen molar-refractivity contribution in [1.82, 2.24) is 0 Å². The summed E-state index contributed by atoms with van der Waals surface area (Å²) in [6.07, 6.45) is 0. The molecule has 0 aliphatic heterocycles. The van der Waals surface area contributed by atoms with Crippen LogP contribution in [-0.2, 0) is 9.84 Å². The van der Waals surface area contributed by atoms with Crippen molar-refractivity contribution in [2.75, 3.05) is 11.5 Å². The number of hydrogen-bond donors (Lipinski definition) is 2. The molecule has 0 amide bonds. The molecule has 4 aromatic rings. The maximum atomic E-state index is 13.9. The Balaban J connectivity index is 2.03. The Morgan fingerprint density at radius 1 is 0.483 bits per heavy atom. The summed E-state index contributed by atoms with van der Waals surface area (Å²) in [4.78, 5) is 0.141. The van der Waals surface area contributed by atoms with E-state index >= 15 is 0 Å². The molecule has 4 N–H and O–H groups in total. The van der Waals surface area contributed by atoms with Crippen LogP contribution in [0.2, 0.25) is 0 Å². The molecule has 0 atom stereocenters. The van der Waals surface area contributed by atoms with Crippen molar-refractivity contribution in [3.8, 4) is 22.3 Å². The van der Waals surface area contributed by atoms with Gasteiger partial charge in [-0.2, -0.15) is 0 Å². The Labute approximate surface area is 170 Å². The standard InChI is InChI=1S/C24H20N2O2S/c25-21-15-7-13-19(17-9-3-1-4-10-17)23(21)29(27,28)24-20(14-8-16-22(24)26)18-11-5-2-6-12-18/h1-16H,25-26H2. The van der Waals surface area contributed by atoms with Crippen LogP contribution in [0.25, 0.3) is 22.3 Å². The van der Waals surface area contributed by atoms with Crippen LogP contribution < -0.4 is 11.5 Å². The smallest absolute Gasteiger partial charge is 0.211 e. The highest BCUT2D eigenvalue weighted by atomic mass is 32.2. The van der Waals surface area contributed by atoms with Gasteiger partial charge in [0.1, 0.15) is 9.79 Å². The second-order valence-corrected chi connectivity index (χ2v) is 8.51. The first-order valence-electron chi connectivity index (χ1n) is 9.13. The zero-order valence-corrected chi connectivity index (χ0v) is 16.4. The van der Waals surface area contributed by atoms with Gasteiger partial charge in [0.15, 0.2) is 0 Å². The van der Waals surface area contributed by atoms with E-state index in [0.717, 1.165) is 11.1 Å². The fraction of sp³-hybridized carbons (Fsp3) is 0. The van der Waals surface area contributed by atoms with E-state index in [2.05, 4.69) is 0 Å². The van der Waals surface area contributed by atoms with Crippen molar-refractivity contribution in [3.63, 3.8) is 0 Å². The zero-order chi connectivity index (χ0) is 20.4. The van der Waals surface area contributed by atoms with Crippen LogP contribution in [0.15, 0.2) is 107 Å². The quantitative estimate of drug-likeness (QED) is 0.471. The zero-order valence-electron chi connectivity index (χ0n) is 15.6. The molecule has 29 heavy (non-hydrogen) atoms. The predicted molar refractivity (Wildman–Crippen MR) is 118 cm³/mol. The molecule has 0 fully saturated rings. The van der Waals surface area contributed by atoms with Crippen molar-refractivity contribution in [2.24, 2.45) is 0 Å². The summed E-state index contributed by atoms with van der Waals surface area (Å²) in [5.74, 6) is 0. The molecule has 0 aromatic heterocycles. The second kappa shape index (κ2) is 7.45.